The van der Waals surface area contributed by atoms with E-state index in [9.17, 15) is 8.42 Å². The minimum absolute atomic E-state index is 0.0418. The van der Waals surface area contributed by atoms with Crippen molar-refractivity contribution in [2.75, 3.05) is 50.8 Å². The number of sulfone groups is 1. The minimum Gasteiger partial charge on any atom is -0.329 e. The summed E-state index contributed by atoms with van der Waals surface area (Å²) < 4.78 is 23.1. The summed E-state index contributed by atoms with van der Waals surface area (Å²) in [4.78, 5) is 4.84. The molecule has 2 N–H and O–H groups in total. The molecule has 0 saturated carbocycles. The molecule has 2 rings (SSSR count). The van der Waals surface area contributed by atoms with Gasteiger partial charge in [-0.25, -0.2) is 8.42 Å². The zero-order chi connectivity index (χ0) is 13.9. The molecule has 2 aliphatic rings. The summed E-state index contributed by atoms with van der Waals surface area (Å²) in [7, 11) is -2.80. The van der Waals surface area contributed by atoms with Crippen molar-refractivity contribution in [3.63, 3.8) is 0 Å². The van der Waals surface area contributed by atoms with Crippen LogP contribution in [0.3, 0.4) is 0 Å². The number of hydrogen-bond donors (Lipinski definition) is 1. The van der Waals surface area contributed by atoms with Crippen molar-refractivity contribution < 1.29 is 8.42 Å². The van der Waals surface area contributed by atoms with Crippen LogP contribution >= 0.6 is 0 Å². The Hall–Kier alpha value is -0.170. The fourth-order valence-corrected chi connectivity index (χ4v) is 4.55. The smallest absolute Gasteiger partial charge is 0.152 e. The largest absolute Gasteiger partial charge is 0.329 e. The molecule has 2 saturated heterocycles. The number of hydrogen-bond acceptors (Lipinski definition) is 5. The highest BCUT2D eigenvalue weighted by molar-refractivity contribution is 7.91. The van der Waals surface area contributed by atoms with E-state index in [1.807, 2.05) is 0 Å². The SMILES string of the molecule is CCCN1CCC(CN)(N2CCS(=O)(=O)CC2)CC1. The monoisotopic (exact) mass is 289 g/mol. The van der Waals surface area contributed by atoms with Gasteiger partial charge in [0.1, 0.15) is 0 Å². The van der Waals surface area contributed by atoms with Crippen LogP contribution in [0, 0.1) is 0 Å². The number of nitrogens with zero attached hydrogens (tertiary/aromatic N) is 2. The third-order valence-electron chi connectivity index (χ3n) is 4.72. The average Bonchev–Trinajstić information content (AvgIpc) is 2.40. The normalized spacial score (nSPS) is 28.3. The molecule has 2 fully saturated rings. The fourth-order valence-electron chi connectivity index (χ4n) is 3.35. The lowest BCUT2D eigenvalue weighted by Crippen LogP contribution is -2.62. The Balaban J connectivity index is 1.97. The summed E-state index contributed by atoms with van der Waals surface area (Å²) >= 11 is 0. The molecule has 19 heavy (non-hydrogen) atoms. The topological polar surface area (TPSA) is 66.6 Å². The number of likely N-dealkylation sites (tertiary alicyclic amines) is 1. The molecule has 0 bridgehead atoms. The van der Waals surface area contributed by atoms with E-state index in [0.29, 0.717) is 31.1 Å². The Morgan fingerprint density at radius 3 is 2.16 bits per heavy atom. The van der Waals surface area contributed by atoms with Crippen molar-refractivity contribution >= 4 is 9.84 Å². The van der Waals surface area contributed by atoms with Crippen LogP contribution < -0.4 is 5.73 Å². The molecule has 0 atom stereocenters. The second-order valence-electron chi connectivity index (χ2n) is 5.91. The zero-order valence-corrected chi connectivity index (χ0v) is 12.8. The minimum atomic E-state index is -2.80. The Kier molecular flexibility index (Phi) is 4.87. The van der Waals surface area contributed by atoms with Crippen LogP contribution in [0.1, 0.15) is 26.2 Å². The average molecular weight is 289 g/mol. The molecule has 5 nitrogen and oxygen atoms in total. The van der Waals surface area contributed by atoms with Gasteiger partial charge < -0.3 is 10.6 Å². The first kappa shape index (κ1) is 15.2. The second kappa shape index (κ2) is 6.08. The number of piperidine rings is 1. The van der Waals surface area contributed by atoms with Gasteiger partial charge >= 0.3 is 0 Å². The Labute approximate surface area is 117 Å². The van der Waals surface area contributed by atoms with E-state index >= 15 is 0 Å². The summed E-state index contributed by atoms with van der Waals surface area (Å²) in [5, 5.41) is 0. The maximum atomic E-state index is 11.5. The summed E-state index contributed by atoms with van der Waals surface area (Å²) in [5.74, 6) is 0.598. The van der Waals surface area contributed by atoms with E-state index in [0.717, 1.165) is 32.5 Å². The third-order valence-corrected chi connectivity index (χ3v) is 6.33. The van der Waals surface area contributed by atoms with Crippen molar-refractivity contribution in [2.24, 2.45) is 5.73 Å². The van der Waals surface area contributed by atoms with Gasteiger partial charge in [0.25, 0.3) is 0 Å². The predicted molar refractivity (Wildman–Crippen MR) is 78.0 cm³/mol. The Bertz CT molecular complexity index is 375. The van der Waals surface area contributed by atoms with Crippen molar-refractivity contribution in [1.29, 1.82) is 0 Å². The number of rotatable bonds is 4. The molecular formula is C13H27N3O2S. The first-order valence-electron chi connectivity index (χ1n) is 7.39. The predicted octanol–water partition coefficient (Wildman–Crippen LogP) is -0.0799. The summed E-state index contributed by atoms with van der Waals surface area (Å²) in [5.41, 5.74) is 6.09. The van der Waals surface area contributed by atoms with Gasteiger partial charge in [0.05, 0.1) is 11.5 Å². The van der Waals surface area contributed by atoms with Crippen LogP contribution in [-0.4, -0.2) is 74.5 Å². The maximum absolute atomic E-state index is 11.5. The summed E-state index contributed by atoms with van der Waals surface area (Å²) in [6.07, 6.45) is 3.34. The Morgan fingerprint density at radius 2 is 1.68 bits per heavy atom. The van der Waals surface area contributed by atoms with Crippen LogP contribution in [0.15, 0.2) is 0 Å². The van der Waals surface area contributed by atoms with E-state index in [2.05, 4.69) is 16.7 Å². The van der Waals surface area contributed by atoms with Crippen LogP contribution in [-0.2, 0) is 9.84 Å². The van der Waals surface area contributed by atoms with Gasteiger partial charge in [-0.2, -0.15) is 0 Å². The molecule has 0 radical (unpaired) electrons. The molecule has 0 amide bonds. The molecule has 0 unspecified atom stereocenters. The first-order chi connectivity index (χ1) is 9.01. The second-order valence-corrected chi connectivity index (χ2v) is 8.21. The molecule has 0 aromatic heterocycles. The molecule has 0 aromatic rings. The van der Waals surface area contributed by atoms with Gasteiger partial charge in [0.2, 0.25) is 0 Å². The third kappa shape index (κ3) is 3.48. The van der Waals surface area contributed by atoms with Gasteiger partial charge in [0, 0.05) is 25.2 Å². The van der Waals surface area contributed by atoms with Gasteiger partial charge in [-0.05, 0) is 38.9 Å². The molecule has 2 aliphatic heterocycles. The van der Waals surface area contributed by atoms with Gasteiger partial charge in [-0.15, -0.1) is 0 Å². The van der Waals surface area contributed by atoms with E-state index in [4.69, 9.17) is 5.73 Å². The van der Waals surface area contributed by atoms with Crippen LogP contribution in [0.2, 0.25) is 0 Å². The molecule has 2 heterocycles. The summed E-state index contributed by atoms with van der Waals surface area (Å²) in [6, 6.07) is 0. The molecule has 112 valence electrons. The van der Waals surface area contributed by atoms with Crippen molar-refractivity contribution in [1.82, 2.24) is 9.80 Å². The lowest BCUT2D eigenvalue weighted by Gasteiger charge is -2.49. The molecule has 6 heteroatoms. The first-order valence-corrected chi connectivity index (χ1v) is 9.21. The van der Waals surface area contributed by atoms with Crippen molar-refractivity contribution in [3.05, 3.63) is 0 Å². The highest BCUT2D eigenvalue weighted by atomic mass is 32.2. The van der Waals surface area contributed by atoms with Gasteiger partial charge in [-0.1, -0.05) is 6.92 Å². The van der Waals surface area contributed by atoms with Crippen LogP contribution in [0.5, 0.6) is 0 Å². The highest BCUT2D eigenvalue weighted by Gasteiger charge is 2.40. The maximum Gasteiger partial charge on any atom is 0.152 e. The van der Waals surface area contributed by atoms with E-state index in [1.165, 1.54) is 6.42 Å². The molecule has 0 spiro atoms. The number of nitrogens with two attached hydrogens (primary N) is 1. The quantitative estimate of drug-likeness (QED) is 0.784. The highest BCUT2D eigenvalue weighted by Crippen LogP contribution is 2.29. The summed E-state index contributed by atoms with van der Waals surface area (Å²) in [6.45, 7) is 7.52. The molecule has 0 aliphatic carbocycles. The zero-order valence-electron chi connectivity index (χ0n) is 12.0. The fraction of sp³-hybridized carbons (Fsp3) is 1.00. The standard InChI is InChI=1S/C13H27N3O2S/c1-2-5-15-6-3-13(12-14,4-7-15)16-8-10-19(17,18)11-9-16/h2-12,14H2,1H3. The van der Waals surface area contributed by atoms with Crippen molar-refractivity contribution in [2.45, 2.75) is 31.7 Å². The van der Waals surface area contributed by atoms with Crippen LogP contribution in [0.4, 0.5) is 0 Å². The van der Waals surface area contributed by atoms with E-state index in [1.54, 1.807) is 0 Å². The van der Waals surface area contributed by atoms with Crippen molar-refractivity contribution in [3.8, 4) is 0 Å². The lowest BCUT2D eigenvalue weighted by atomic mass is 9.85. The molecular weight excluding hydrogens is 262 g/mol. The van der Waals surface area contributed by atoms with E-state index in [-0.39, 0.29) is 5.54 Å². The van der Waals surface area contributed by atoms with E-state index < -0.39 is 9.84 Å². The Morgan fingerprint density at radius 1 is 1.11 bits per heavy atom. The van der Waals surface area contributed by atoms with Gasteiger partial charge in [0.15, 0.2) is 9.84 Å². The van der Waals surface area contributed by atoms with Gasteiger partial charge in [-0.3, -0.25) is 4.90 Å². The van der Waals surface area contributed by atoms with Crippen LogP contribution in [0.25, 0.3) is 0 Å². The lowest BCUT2D eigenvalue weighted by molar-refractivity contribution is 0.0327. The molecule has 0 aromatic carbocycles.